The fourth-order valence-electron chi connectivity index (χ4n) is 2.70. The van der Waals surface area contributed by atoms with Gasteiger partial charge in [-0.3, -0.25) is 8.75 Å². The molecule has 7 heteroatoms. The minimum Gasteiger partial charge on any atom is -0.496 e. The van der Waals surface area contributed by atoms with Crippen LogP contribution in [0.25, 0.3) is 0 Å². The Labute approximate surface area is 170 Å². The van der Waals surface area contributed by atoms with Crippen molar-refractivity contribution in [3.8, 4) is 5.75 Å². The van der Waals surface area contributed by atoms with Gasteiger partial charge in [-0.15, -0.1) is 0 Å². The van der Waals surface area contributed by atoms with E-state index in [1.807, 2.05) is 0 Å². The molecule has 0 radical (unpaired) electrons. The van der Waals surface area contributed by atoms with E-state index in [4.69, 9.17) is 4.74 Å². The van der Waals surface area contributed by atoms with E-state index in [0.717, 1.165) is 29.5 Å². The number of carbonyl (C=O) groups excluding carboxylic acids is 1. The molecular weight excluding hydrogens is 374 g/mol. The summed E-state index contributed by atoms with van der Waals surface area (Å²) in [5.74, 6) is 0.0587. The summed E-state index contributed by atoms with van der Waals surface area (Å²) in [6.45, 7) is 10.2. The highest BCUT2D eigenvalue weighted by Gasteiger charge is 2.18. The number of ether oxygens (including phenoxy) is 1. The van der Waals surface area contributed by atoms with Gasteiger partial charge in [0.05, 0.1) is 12.7 Å². The predicted molar refractivity (Wildman–Crippen MR) is 113 cm³/mol. The number of methoxy groups -OCH3 is 1. The van der Waals surface area contributed by atoms with Crippen LogP contribution >= 0.6 is 11.5 Å². The molecule has 0 N–H and O–H groups in total. The lowest BCUT2D eigenvalue weighted by Gasteiger charge is -2.19. The van der Waals surface area contributed by atoms with Gasteiger partial charge in [-0.1, -0.05) is 24.6 Å². The molecule has 0 aliphatic carbocycles. The van der Waals surface area contributed by atoms with Gasteiger partial charge < -0.3 is 4.74 Å². The SMILES string of the molecule is CCCCc1cn(C(C)(C)C)sc1=NC(=O)c1cc(C(C)N=O)ccc1OC. The molecule has 152 valence electrons. The highest BCUT2D eigenvalue weighted by Crippen LogP contribution is 2.26. The number of rotatable bonds is 7. The molecule has 6 nitrogen and oxygen atoms in total. The maximum atomic E-state index is 13.0. The second-order valence-corrected chi connectivity index (χ2v) is 8.77. The normalized spacial score (nSPS) is 13.4. The molecule has 0 saturated heterocycles. The van der Waals surface area contributed by atoms with Gasteiger partial charge in [0.1, 0.15) is 16.5 Å². The quantitative estimate of drug-likeness (QED) is 0.595. The Kier molecular flexibility index (Phi) is 7.29. The molecule has 1 aromatic carbocycles. The van der Waals surface area contributed by atoms with Gasteiger partial charge >= 0.3 is 0 Å². The summed E-state index contributed by atoms with van der Waals surface area (Å²) in [5, 5.41) is 3.04. The van der Waals surface area contributed by atoms with E-state index in [-0.39, 0.29) is 11.4 Å². The van der Waals surface area contributed by atoms with Gasteiger partial charge in [-0.25, -0.2) is 0 Å². The summed E-state index contributed by atoms with van der Waals surface area (Å²) >= 11 is 1.49. The number of unbranched alkanes of at least 4 members (excludes halogenated alkanes) is 1. The van der Waals surface area contributed by atoms with Crippen LogP contribution in [0.2, 0.25) is 0 Å². The maximum absolute atomic E-state index is 13.0. The van der Waals surface area contributed by atoms with E-state index in [1.54, 1.807) is 25.1 Å². The Bertz CT molecular complexity index is 906. The Morgan fingerprint density at radius 3 is 2.61 bits per heavy atom. The molecule has 0 bridgehead atoms. The number of nitrogens with zero attached hydrogens (tertiary/aromatic N) is 3. The number of nitroso groups, excluding NO2 is 1. The highest BCUT2D eigenvalue weighted by atomic mass is 32.1. The van der Waals surface area contributed by atoms with Crippen LogP contribution in [-0.2, 0) is 12.0 Å². The van der Waals surface area contributed by atoms with Crippen LogP contribution in [0.4, 0.5) is 0 Å². The second kappa shape index (κ2) is 9.28. The summed E-state index contributed by atoms with van der Waals surface area (Å²) in [5.41, 5.74) is 2.00. The third-order valence-corrected chi connectivity index (χ3v) is 5.87. The molecule has 0 aliphatic rings. The molecule has 0 fully saturated rings. The molecule has 0 spiro atoms. The fraction of sp³-hybridized carbons (Fsp3) is 0.524. The minimum absolute atomic E-state index is 0.0783. The van der Waals surface area contributed by atoms with Crippen LogP contribution in [0.1, 0.15) is 75.0 Å². The third-order valence-electron chi connectivity index (χ3n) is 4.49. The number of aryl methyl sites for hydroxylation is 1. The van der Waals surface area contributed by atoms with Crippen LogP contribution < -0.4 is 9.41 Å². The van der Waals surface area contributed by atoms with E-state index >= 15 is 0 Å². The zero-order chi connectivity index (χ0) is 20.9. The van der Waals surface area contributed by atoms with Gasteiger partial charge in [0, 0.05) is 17.3 Å². The Hall–Kier alpha value is -2.28. The molecule has 1 aromatic heterocycles. The average molecular weight is 404 g/mol. The van der Waals surface area contributed by atoms with E-state index in [1.165, 1.54) is 18.6 Å². The van der Waals surface area contributed by atoms with Crippen molar-refractivity contribution in [1.29, 1.82) is 0 Å². The first-order chi connectivity index (χ1) is 13.2. The molecule has 1 amide bonds. The molecule has 0 aliphatic heterocycles. The summed E-state index contributed by atoms with van der Waals surface area (Å²) in [7, 11) is 1.51. The third kappa shape index (κ3) is 5.16. The Morgan fingerprint density at radius 1 is 1.32 bits per heavy atom. The van der Waals surface area contributed by atoms with Crippen molar-refractivity contribution in [1.82, 2.24) is 3.96 Å². The van der Waals surface area contributed by atoms with Crippen molar-refractivity contribution in [3.63, 3.8) is 0 Å². The Balaban J connectivity index is 2.54. The van der Waals surface area contributed by atoms with Crippen molar-refractivity contribution in [3.05, 3.63) is 50.7 Å². The van der Waals surface area contributed by atoms with Crippen LogP contribution in [-0.4, -0.2) is 17.0 Å². The predicted octanol–water partition coefficient (Wildman–Crippen LogP) is 5.22. The van der Waals surface area contributed by atoms with Crippen LogP contribution in [0.3, 0.4) is 0 Å². The van der Waals surface area contributed by atoms with Gasteiger partial charge in [-0.05, 0) is 69.8 Å². The minimum atomic E-state index is -0.539. The summed E-state index contributed by atoms with van der Waals surface area (Å²) in [4.78, 5) is 28.3. The molecule has 2 rings (SSSR count). The number of hydrogen-bond donors (Lipinski definition) is 0. The number of carbonyl (C=O) groups is 1. The van der Waals surface area contributed by atoms with E-state index in [9.17, 15) is 9.70 Å². The highest BCUT2D eigenvalue weighted by molar-refractivity contribution is 7.04. The molecule has 2 aromatic rings. The van der Waals surface area contributed by atoms with E-state index in [0.29, 0.717) is 16.9 Å². The maximum Gasteiger partial charge on any atom is 0.282 e. The molecule has 28 heavy (non-hydrogen) atoms. The summed E-state index contributed by atoms with van der Waals surface area (Å²) in [6, 6.07) is 4.53. The monoisotopic (exact) mass is 403 g/mol. The van der Waals surface area contributed by atoms with Gasteiger partial charge in [-0.2, -0.15) is 9.90 Å². The first-order valence-corrected chi connectivity index (χ1v) is 10.3. The van der Waals surface area contributed by atoms with Crippen LogP contribution in [0.5, 0.6) is 5.75 Å². The fourth-order valence-corrected chi connectivity index (χ4v) is 3.74. The molecule has 1 heterocycles. The van der Waals surface area contributed by atoms with E-state index in [2.05, 4.69) is 48.0 Å². The van der Waals surface area contributed by atoms with Crippen LogP contribution in [0.15, 0.2) is 34.6 Å². The largest absolute Gasteiger partial charge is 0.496 e. The second-order valence-electron chi connectivity index (χ2n) is 7.81. The molecule has 0 saturated carbocycles. The number of aromatic nitrogens is 1. The van der Waals surface area contributed by atoms with Crippen molar-refractivity contribution < 1.29 is 9.53 Å². The number of hydrogen-bond acceptors (Lipinski definition) is 5. The van der Waals surface area contributed by atoms with Crippen LogP contribution in [0, 0.1) is 4.91 Å². The Morgan fingerprint density at radius 2 is 2.04 bits per heavy atom. The van der Waals surface area contributed by atoms with Gasteiger partial charge in [0.15, 0.2) is 0 Å². The van der Waals surface area contributed by atoms with Gasteiger partial charge in [0.2, 0.25) is 0 Å². The van der Waals surface area contributed by atoms with E-state index < -0.39 is 6.04 Å². The lowest BCUT2D eigenvalue weighted by molar-refractivity contribution is 0.0995. The first kappa shape index (κ1) is 22.0. The molecular formula is C21H29N3O3S. The first-order valence-electron chi connectivity index (χ1n) is 9.53. The van der Waals surface area contributed by atoms with Crippen molar-refractivity contribution in [2.75, 3.05) is 7.11 Å². The number of benzene rings is 1. The zero-order valence-electron chi connectivity index (χ0n) is 17.5. The summed E-state index contributed by atoms with van der Waals surface area (Å²) in [6.07, 6.45) is 5.09. The van der Waals surface area contributed by atoms with Crippen molar-refractivity contribution >= 4 is 17.4 Å². The lowest BCUT2D eigenvalue weighted by Crippen LogP contribution is -2.18. The van der Waals surface area contributed by atoms with Crippen molar-refractivity contribution in [2.24, 2.45) is 10.2 Å². The average Bonchev–Trinajstić information content (AvgIpc) is 3.08. The standard InChI is InChI=1S/C21H29N3O3S/c1-7-8-9-16-13-24(21(3,4)5)28-20(16)22-19(25)17-12-15(14(2)23-26)10-11-18(17)27-6/h10-14H,7-9H2,1-6H3. The smallest absolute Gasteiger partial charge is 0.282 e. The van der Waals surface area contributed by atoms with Crippen molar-refractivity contribution in [2.45, 2.75) is 65.5 Å². The summed E-state index contributed by atoms with van der Waals surface area (Å²) < 4.78 is 8.20. The lowest BCUT2D eigenvalue weighted by atomic mass is 10.0. The molecule has 1 unspecified atom stereocenters. The zero-order valence-corrected chi connectivity index (χ0v) is 18.3. The van der Waals surface area contributed by atoms with Gasteiger partial charge in [0.25, 0.3) is 5.91 Å². The molecule has 1 atom stereocenters. The topological polar surface area (TPSA) is 73.0 Å². The number of amides is 1.